The summed E-state index contributed by atoms with van der Waals surface area (Å²) >= 11 is 0. The predicted octanol–water partition coefficient (Wildman–Crippen LogP) is 5.09. The van der Waals surface area contributed by atoms with Crippen LogP contribution in [-0.4, -0.2) is 45.5 Å². The fraction of sp³-hybridized carbons (Fsp3) is 0.333. The zero-order valence-corrected chi connectivity index (χ0v) is 20.9. The number of fused-ring (bicyclic) bond motifs is 2. The highest BCUT2D eigenvalue weighted by atomic mass is 16.3. The number of benzene rings is 2. The third-order valence-electron chi connectivity index (χ3n) is 8.13. The van der Waals surface area contributed by atoms with Gasteiger partial charge in [-0.15, -0.1) is 0 Å². The number of pyridine rings is 1. The normalized spacial score (nSPS) is 23.9. The summed E-state index contributed by atoms with van der Waals surface area (Å²) < 4.78 is 0. The number of aliphatic hydroxyl groups excluding tert-OH is 1. The highest BCUT2D eigenvalue weighted by Crippen LogP contribution is 2.44. The molecule has 1 aromatic heterocycles. The van der Waals surface area contributed by atoms with Crippen LogP contribution in [-0.2, 0) is 0 Å². The van der Waals surface area contributed by atoms with E-state index in [1.807, 2.05) is 6.07 Å². The fourth-order valence-electron chi connectivity index (χ4n) is 6.26. The lowest BCUT2D eigenvalue weighted by Crippen LogP contribution is -2.45. The smallest absolute Gasteiger partial charge is 0.149 e. The number of aliphatic imine (C=N–C) groups is 1. The van der Waals surface area contributed by atoms with Gasteiger partial charge in [-0.1, -0.05) is 42.5 Å². The van der Waals surface area contributed by atoms with Crippen molar-refractivity contribution >= 4 is 22.4 Å². The lowest BCUT2D eigenvalue weighted by atomic mass is 9.80. The van der Waals surface area contributed by atoms with Crippen LogP contribution in [0.1, 0.15) is 36.8 Å². The van der Waals surface area contributed by atoms with E-state index < -0.39 is 0 Å². The molecule has 6 nitrogen and oxygen atoms in total. The molecule has 2 aliphatic heterocycles. The molecule has 0 radical (unpaired) electrons. The topological polar surface area (TPSA) is 78.0 Å². The minimum atomic E-state index is 0.181. The van der Waals surface area contributed by atoms with E-state index in [0.717, 1.165) is 64.8 Å². The minimum absolute atomic E-state index is 0.181. The van der Waals surface area contributed by atoms with Crippen molar-refractivity contribution in [1.82, 2.24) is 14.8 Å². The number of aryl methyl sites for hydroxylation is 1. The highest BCUT2D eigenvalue weighted by Gasteiger charge is 2.43. The van der Waals surface area contributed by atoms with Gasteiger partial charge in [0.05, 0.1) is 16.9 Å². The Labute approximate surface area is 212 Å². The van der Waals surface area contributed by atoms with Crippen molar-refractivity contribution in [2.45, 2.75) is 38.8 Å². The number of rotatable bonds is 4. The number of nitrogens with two attached hydrogens (primary N) is 1. The van der Waals surface area contributed by atoms with Gasteiger partial charge in [0.2, 0.25) is 0 Å². The highest BCUT2D eigenvalue weighted by molar-refractivity contribution is 6.05. The predicted molar refractivity (Wildman–Crippen MR) is 146 cm³/mol. The van der Waals surface area contributed by atoms with Crippen LogP contribution in [0.15, 0.2) is 77.7 Å². The number of aromatic nitrogens is 1. The van der Waals surface area contributed by atoms with E-state index in [4.69, 9.17) is 10.7 Å². The zero-order chi connectivity index (χ0) is 24.8. The van der Waals surface area contributed by atoms with Crippen molar-refractivity contribution in [1.29, 1.82) is 0 Å². The van der Waals surface area contributed by atoms with Gasteiger partial charge >= 0.3 is 0 Å². The molecule has 3 aromatic rings. The first-order valence-electron chi connectivity index (χ1n) is 12.9. The molecule has 1 unspecified atom stereocenters. The van der Waals surface area contributed by atoms with Crippen LogP contribution in [0.3, 0.4) is 0 Å². The van der Waals surface area contributed by atoms with Crippen molar-refractivity contribution < 1.29 is 5.11 Å². The van der Waals surface area contributed by atoms with Crippen LogP contribution < -0.4 is 5.73 Å². The molecule has 1 atom stereocenters. The number of amidine groups is 1. The SMILES string of the molecule is Cc1cc(-c2ccccc2)nc2cc(C3=C4C(N)=NC=CN4C([C@H]4CC[C@H](CO)CC4)N3C)ccc12. The monoisotopic (exact) mass is 479 g/mol. The summed E-state index contributed by atoms with van der Waals surface area (Å²) in [6.07, 6.45) is 8.38. The second-order valence-electron chi connectivity index (χ2n) is 10.3. The van der Waals surface area contributed by atoms with Crippen LogP contribution in [0, 0.1) is 18.8 Å². The summed E-state index contributed by atoms with van der Waals surface area (Å²) in [5, 5.41) is 10.8. The van der Waals surface area contributed by atoms with E-state index in [-0.39, 0.29) is 6.17 Å². The Hall–Kier alpha value is -3.64. The molecule has 6 rings (SSSR count). The van der Waals surface area contributed by atoms with Crippen molar-refractivity contribution in [3.8, 4) is 11.3 Å². The van der Waals surface area contributed by atoms with Crippen LogP contribution in [0.2, 0.25) is 0 Å². The van der Waals surface area contributed by atoms with E-state index in [9.17, 15) is 5.11 Å². The van der Waals surface area contributed by atoms with E-state index in [1.54, 1.807) is 6.20 Å². The molecule has 1 aliphatic carbocycles. The number of hydrogen-bond acceptors (Lipinski definition) is 6. The second kappa shape index (κ2) is 9.10. The third kappa shape index (κ3) is 3.77. The van der Waals surface area contributed by atoms with Gasteiger partial charge in [0, 0.05) is 42.6 Å². The van der Waals surface area contributed by atoms with Gasteiger partial charge in [-0.25, -0.2) is 9.98 Å². The van der Waals surface area contributed by atoms with Crippen molar-refractivity contribution in [3.63, 3.8) is 0 Å². The number of aliphatic hydroxyl groups is 1. The Balaban J connectivity index is 1.42. The van der Waals surface area contributed by atoms with E-state index in [0.29, 0.717) is 24.3 Å². The molecule has 0 amide bonds. The Bertz CT molecular complexity index is 1390. The summed E-state index contributed by atoms with van der Waals surface area (Å²) in [5.41, 5.74) is 14.0. The third-order valence-corrected chi connectivity index (χ3v) is 8.13. The van der Waals surface area contributed by atoms with E-state index >= 15 is 0 Å². The van der Waals surface area contributed by atoms with Gasteiger partial charge in [0.1, 0.15) is 17.7 Å². The van der Waals surface area contributed by atoms with E-state index in [2.05, 4.69) is 83.5 Å². The summed E-state index contributed by atoms with van der Waals surface area (Å²) in [7, 11) is 2.17. The van der Waals surface area contributed by atoms with Crippen molar-refractivity contribution in [3.05, 3.63) is 83.8 Å². The van der Waals surface area contributed by atoms with Gasteiger partial charge in [0.25, 0.3) is 0 Å². The quantitative estimate of drug-likeness (QED) is 0.545. The van der Waals surface area contributed by atoms with Gasteiger partial charge in [-0.2, -0.15) is 0 Å². The molecule has 3 heterocycles. The van der Waals surface area contributed by atoms with Crippen molar-refractivity contribution in [2.75, 3.05) is 13.7 Å². The number of hydrogen-bond donors (Lipinski definition) is 2. The molecule has 0 spiro atoms. The Morgan fingerprint density at radius 3 is 2.50 bits per heavy atom. The van der Waals surface area contributed by atoms with Crippen LogP contribution in [0.25, 0.3) is 27.9 Å². The first kappa shape index (κ1) is 22.8. The molecule has 36 heavy (non-hydrogen) atoms. The summed E-state index contributed by atoms with van der Waals surface area (Å²) in [4.78, 5) is 14.2. The molecule has 6 heteroatoms. The van der Waals surface area contributed by atoms with Crippen LogP contribution in [0.5, 0.6) is 0 Å². The Kier molecular flexibility index (Phi) is 5.76. The molecule has 1 saturated carbocycles. The Morgan fingerprint density at radius 2 is 1.75 bits per heavy atom. The molecule has 0 bridgehead atoms. The molecular weight excluding hydrogens is 446 g/mol. The minimum Gasteiger partial charge on any atom is -0.396 e. The average molecular weight is 480 g/mol. The first-order chi connectivity index (χ1) is 17.5. The van der Waals surface area contributed by atoms with Gasteiger partial charge in [-0.05, 0) is 62.1 Å². The Morgan fingerprint density at radius 1 is 0.972 bits per heavy atom. The molecule has 3 aliphatic rings. The van der Waals surface area contributed by atoms with Crippen molar-refractivity contribution in [2.24, 2.45) is 22.6 Å². The molecule has 3 N–H and O–H groups in total. The molecule has 0 saturated heterocycles. The van der Waals surface area contributed by atoms with Gasteiger partial charge in [-0.3, -0.25) is 0 Å². The maximum Gasteiger partial charge on any atom is 0.149 e. The summed E-state index contributed by atoms with van der Waals surface area (Å²) in [6.45, 7) is 2.44. The lowest BCUT2D eigenvalue weighted by Gasteiger charge is -2.40. The van der Waals surface area contributed by atoms with Crippen LogP contribution in [0.4, 0.5) is 0 Å². The fourth-order valence-corrected chi connectivity index (χ4v) is 6.26. The summed E-state index contributed by atoms with van der Waals surface area (Å²) in [5.74, 6) is 1.47. The zero-order valence-electron chi connectivity index (χ0n) is 20.9. The van der Waals surface area contributed by atoms with E-state index in [1.165, 1.54) is 5.56 Å². The largest absolute Gasteiger partial charge is 0.396 e. The van der Waals surface area contributed by atoms with Crippen LogP contribution >= 0.6 is 0 Å². The standard InChI is InChI=1S/C30H33N5O/c1-19-16-25(21-6-4-3-5-7-21)33-26-17-23(12-13-24(19)26)27-28-29(31)32-14-15-35(28)30(34(27)2)22-10-8-20(18-36)9-11-22/h3-7,12-17,20,22,30,36H,8-11,18H2,1-2H3,(H2,31,32)/t20-,22-,30?. The second-order valence-corrected chi connectivity index (χ2v) is 10.3. The maximum atomic E-state index is 9.63. The van der Waals surface area contributed by atoms with Gasteiger partial charge < -0.3 is 20.6 Å². The number of nitrogens with zero attached hydrogens (tertiary/aromatic N) is 4. The lowest BCUT2D eigenvalue weighted by molar-refractivity contribution is 0.0862. The maximum absolute atomic E-state index is 9.63. The van der Waals surface area contributed by atoms with Gasteiger partial charge in [0.15, 0.2) is 0 Å². The average Bonchev–Trinajstić information content (AvgIpc) is 3.21. The summed E-state index contributed by atoms with van der Waals surface area (Å²) in [6, 6.07) is 19.1. The molecular formula is C30H33N5O. The molecule has 1 fully saturated rings. The molecule has 184 valence electrons. The first-order valence-corrected chi connectivity index (χ1v) is 12.9. The molecule has 2 aromatic carbocycles.